The Kier molecular flexibility index (Phi) is 2.71. The van der Waals surface area contributed by atoms with Gasteiger partial charge in [-0.25, -0.2) is 8.42 Å². The van der Waals surface area contributed by atoms with E-state index in [0.29, 0.717) is 11.4 Å². The first-order chi connectivity index (χ1) is 8.19. The summed E-state index contributed by atoms with van der Waals surface area (Å²) in [7, 11) is -3.21. The largest absolute Gasteiger partial charge is 0.243 e. The zero-order chi connectivity index (χ0) is 11.9. The third-order valence-electron chi connectivity index (χ3n) is 3.87. The normalized spacial score (nSPS) is 24.7. The minimum absolute atomic E-state index is 0.223. The van der Waals surface area contributed by atoms with Gasteiger partial charge in [0.15, 0.2) is 0 Å². The molecule has 1 heterocycles. The molecule has 0 amide bonds. The van der Waals surface area contributed by atoms with Crippen molar-refractivity contribution in [2.24, 2.45) is 0 Å². The quantitative estimate of drug-likeness (QED) is 0.769. The molecule has 1 aromatic rings. The summed E-state index contributed by atoms with van der Waals surface area (Å²) in [4.78, 5) is 0.519. The van der Waals surface area contributed by atoms with Gasteiger partial charge >= 0.3 is 0 Å². The third-order valence-corrected chi connectivity index (χ3v) is 5.87. The standard InChI is InChI=1S/C13H17NO2S/c15-17(16)13-9-5-4-6-11(13)10-14(17)12-7-2-1-3-8-12/h4-6,9,12H,1-3,7-8,10H2. The molecule has 4 heteroatoms. The molecule has 0 radical (unpaired) electrons. The molecule has 0 spiro atoms. The molecule has 0 atom stereocenters. The molecule has 17 heavy (non-hydrogen) atoms. The van der Waals surface area contributed by atoms with E-state index < -0.39 is 10.0 Å². The number of rotatable bonds is 1. The van der Waals surface area contributed by atoms with Crippen LogP contribution >= 0.6 is 0 Å². The van der Waals surface area contributed by atoms with Gasteiger partial charge in [-0.3, -0.25) is 0 Å². The maximum absolute atomic E-state index is 12.4. The highest BCUT2D eigenvalue weighted by molar-refractivity contribution is 7.89. The summed E-state index contributed by atoms with van der Waals surface area (Å²) in [6.07, 6.45) is 5.61. The first-order valence-electron chi connectivity index (χ1n) is 6.29. The Balaban J connectivity index is 1.95. The van der Waals surface area contributed by atoms with E-state index in [-0.39, 0.29) is 6.04 Å². The highest BCUT2D eigenvalue weighted by Gasteiger charge is 2.38. The van der Waals surface area contributed by atoms with Crippen molar-refractivity contribution in [3.63, 3.8) is 0 Å². The fourth-order valence-corrected chi connectivity index (χ4v) is 4.84. The topological polar surface area (TPSA) is 37.4 Å². The van der Waals surface area contributed by atoms with E-state index in [4.69, 9.17) is 0 Å². The zero-order valence-corrected chi connectivity index (χ0v) is 10.6. The number of fused-ring (bicyclic) bond motifs is 1. The summed E-state index contributed by atoms with van der Waals surface area (Å²) in [5.41, 5.74) is 0.957. The van der Waals surface area contributed by atoms with Gasteiger partial charge in [-0.2, -0.15) is 4.31 Å². The van der Waals surface area contributed by atoms with Crippen LogP contribution in [0, 0.1) is 0 Å². The summed E-state index contributed by atoms with van der Waals surface area (Å²) in [5.74, 6) is 0. The van der Waals surface area contributed by atoms with Crippen molar-refractivity contribution in [1.82, 2.24) is 4.31 Å². The molecule has 3 rings (SSSR count). The minimum Gasteiger partial charge on any atom is -0.207 e. The Labute approximate surface area is 102 Å². The Bertz CT molecular complexity index is 518. The Morgan fingerprint density at radius 1 is 1.06 bits per heavy atom. The number of nitrogens with zero attached hydrogens (tertiary/aromatic N) is 1. The average molecular weight is 251 g/mol. The molecule has 1 aromatic carbocycles. The molecular formula is C13H17NO2S. The molecule has 1 aliphatic carbocycles. The molecule has 92 valence electrons. The van der Waals surface area contributed by atoms with Crippen LogP contribution in [0.4, 0.5) is 0 Å². The highest BCUT2D eigenvalue weighted by atomic mass is 32.2. The van der Waals surface area contributed by atoms with Gasteiger partial charge in [0.25, 0.3) is 0 Å². The van der Waals surface area contributed by atoms with Gasteiger partial charge in [-0.1, -0.05) is 37.5 Å². The lowest BCUT2D eigenvalue weighted by Crippen LogP contribution is -2.36. The fraction of sp³-hybridized carbons (Fsp3) is 0.538. The van der Waals surface area contributed by atoms with Crippen molar-refractivity contribution < 1.29 is 8.42 Å². The van der Waals surface area contributed by atoms with Gasteiger partial charge in [-0.15, -0.1) is 0 Å². The molecule has 0 bridgehead atoms. The first kappa shape index (κ1) is 11.2. The van der Waals surface area contributed by atoms with Gasteiger partial charge in [0.2, 0.25) is 10.0 Å². The summed E-state index contributed by atoms with van der Waals surface area (Å²) in [6, 6.07) is 7.60. The van der Waals surface area contributed by atoms with E-state index in [2.05, 4.69) is 0 Å². The number of hydrogen-bond donors (Lipinski definition) is 0. The maximum Gasteiger partial charge on any atom is 0.243 e. The molecule has 0 saturated heterocycles. The molecular weight excluding hydrogens is 234 g/mol. The molecule has 0 N–H and O–H groups in total. The second-order valence-electron chi connectivity index (χ2n) is 4.95. The molecule has 1 fully saturated rings. The van der Waals surface area contributed by atoms with Gasteiger partial charge < -0.3 is 0 Å². The second kappa shape index (κ2) is 4.10. The predicted molar refractivity (Wildman–Crippen MR) is 66.0 cm³/mol. The van der Waals surface area contributed by atoms with Crippen molar-refractivity contribution in [2.75, 3.05) is 0 Å². The van der Waals surface area contributed by atoms with Gasteiger partial charge in [-0.05, 0) is 24.5 Å². The van der Waals surface area contributed by atoms with E-state index in [1.165, 1.54) is 6.42 Å². The average Bonchev–Trinajstić information content (AvgIpc) is 2.63. The van der Waals surface area contributed by atoms with E-state index in [0.717, 1.165) is 31.2 Å². The Morgan fingerprint density at radius 2 is 1.76 bits per heavy atom. The first-order valence-corrected chi connectivity index (χ1v) is 7.73. The Hall–Kier alpha value is -0.870. The van der Waals surface area contributed by atoms with Crippen molar-refractivity contribution in [3.8, 4) is 0 Å². The molecule has 1 saturated carbocycles. The lowest BCUT2D eigenvalue weighted by molar-refractivity contribution is 0.255. The molecule has 2 aliphatic rings. The van der Waals surface area contributed by atoms with Crippen LogP contribution in [-0.4, -0.2) is 18.8 Å². The van der Waals surface area contributed by atoms with E-state index >= 15 is 0 Å². The van der Waals surface area contributed by atoms with Crippen LogP contribution in [0.1, 0.15) is 37.7 Å². The zero-order valence-electron chi connectivity index (χ0n) is 9.80. The van der Waals surface area contributed by atoms with Crippen LogP contribution in [0.3, 0.4) is 0 Å². The van der Waals surface area contributed by atoms with Crippen molar-refractivity contribution in [2.45, 2.75) is 49.6 Å². The number of benzene rings is 1. The van der Waals surface area contributed by atoms with Crippen LogP contribution in [0.2, 0.25) is 0 Å². The third kappa shape index (κ3) is 1.79. The highest BCUT2D eigenvalue weighted by Crippen LogP contribution is 2.35. The van der Waals surface area contributed by atoms with E-state index in [1.807, 2.05) is 12.1 Å². The van der Waals surface area contributed by atoms with Gasteiger partial charge in [0.05, 0.1) is 4.90 Å². The monoisotopic (exact) mass is 251 g/mol. The van der Waals surface area contributed by atoms with Gasteiger partial charge in [0, 0.05) is 12.6 Å². The maximum atomic E-state index is 12.4. The van der Waals surface area contributed by atoms with Crippen LogP contribution < -0.4 is 0 Å². The summed E-state index contributed by atoms with van der Waals surface area (Å²) in [5, 5.41) is 0. The smallest absolute Gasteiger partial charge is 0.207 e. The predicted octanol–water partition coefficient (Wildman–Crippen LogP) is 2.52. The van der Waals surface area contributed by atoms with Crippen molar-refractivity contribution in [3.05, 3.63) is 29.8 Å². The lowest BCUT2D eigenvalue weighted by atomic mass is 9.95. The van der Waals surface area contributed by atoms with Crippen molar-refractivity contribution >= 4 is 10.0 Å². The number of sulfonamides is 1. The fourth-order valence-electron chi connectivity index (χ4n) is 2.96. The molecule has 3 nitrogen and oxygen atoms in total. The van der Waals surface area contributed by atoms with E-state index in [1.54, 1.807) is 16.4 Å². The lowest BCUT2D eigenvalue weighted by Gasteiger charge is -2.29. The molecule has 0 aromatic heterocycles. The minimum atomic E-state index is -3.21. The second-order valence-corrected chi connectivity index (χ2v) is 6.81. The van der Waals surface area contributed by atoms with Crippen LogP contribution in [-0.2, 0) is 16.6 Å². The van der Waals surface area contributed by atoms with Crippen molar-refractivity contribution in [1.29, 1.82) is 0 Å². The SMILES string of the molecule is O=S1(=O)c2ccccc2CN1C1CCCCC1. The molecule has 0 unspecified atom stereocenters. The molecule has 1 aliphatic heterocycles. The van der Waals surface area contributed by atoms with Crippen LogP contribution in [0.15, 0.2) is 29.2 Å². The number of hydrogen-bond acceptors (Lipinski definition) is 2. The van der Waals surface area contributed by atoms with Crippen LogP contribution in [0.25, 0.3) is 0 Å². The summed E-state index contributed by atoms with van der Waals surface area (Å²) in [6.45, 7) is 0.573. The summed E-state index contributed by atoms with van der Waals surface area (Å²) >= 11 is 0. The summed E-state index contributed by atoms with van der Waals surface area (Å²) < 4.78 is 26.5. The van der Waals surface area contributed by atoms with Crippen LogP contribution in [0.5, 0.6) is 0 Å². The Morgan fingerprint density at radius 3 is 2.47 bits per heavy atom. The van der Waals surface area contributed by atoms with E-state index in [9.17, 15) is 8.42 Å². The van der Waals surface area contributed by atoms with Gasteiger partial charge in [0.1, 0.15) is 0 Å².